The Labute approximate surface area is 101 Å². The fourth-order valence-corrected chi connectivity index (χ4v) is 1.75. The zero-order valence-corrected chi connectivity index (χ0v) is 10.7. The third-order valence-electron chi connectivity index (χ3n) is 2.22. The van der Waals surface area contributed by atoms with Crippen LogP contribution >= 0.6 is 0 Å². The van der Waals surface area contributed by atoms with Crippen molar-refractivity contribution in [2.24, 2.45) is 5.73 Å². The molecular weight excluding hydrogens is 242 g/mol. The highest BCUT2D eigenvalue weighted by molar-refractivity contribution is 7.90. The molecule has 0 aliphatic rings. The van der Waals surface area contributed by atoms with Gasteiger partial charge >= 0.3 is 0 Å². The molecule has 3 N–H and O–H groups in total. The van der Waals surface area contributed by atoms with E-state index in [2.05, 4.69) is 0 Å². The molecule has 96 valence electrons. The molecule has 1 aromatic carbocycles. The summed E-state index contributed by atoms with van der Waals surface area (Å²) >= 11 is 0. The maximum Gasteiger partial charge on any atom is 0.175 e. The van der Waals surface area contributed by atoms with Gasteiger partial charge < -0.3 is 15.6 Å². The zero-order valence-electron chi connectivity index (χ0n) is 9.88. The average molecular weight is 259 g/mol. The molecule has 1 rings (SSSR count). The van der Waals surface area contributed by atoms with Gasteiger partial charge in [0.15, 0.2) is 9.84 Å². The van der Waals surface area contributed by atoms with Crippen LogP contribution in [0.2, 0.25) is 0 Å². The van der Waals surface area contributed by atoms with Crippen molar-refractivity contribution in [1.29, 1.82) is 0 Å². The Kier molecular flexibility index (Phi) is 4.13. The van der Waals surface area contributed by atoms with Gasteiger partial charge in [-0.1, -0.05) is 6.07 Å². The largest absolute Gasteiger partial charge is 0.491 e. The molecule has 0 saturated carbocycles. The first-order chi connectivity index (χ1) is 7.74. The Balaban J connectivity index is 2.81. The van der Waals surface area contributed by atoms with Crippen molar-refractivity contribution < 1.29 is 18.3 Å². The summed E-state index contributed by atoms with van der Waals surface area (Å²) in [6, 6.07) is 6.12. The second-order valence-electron chi connectivity index (χ2n) is 4.24. The summed E-state index contributed by atoms with van der Waals surface area (Å²) in [4.78, 5) is 0.183. The second-order valence-corrected chi connectivity index (χ2v) is 6.25. The van der Waals surface area contributed by atoms with Gasteiger partial charge in [0.2, 0.25) is 0 Å². The first kappa shape index (κ1) is 14.0. The normalized spacial score (nSPS) is 15.3. The third kappa shape index (κ3) is 4.33. The first-order valence-corrected chi connectivity index (χ1v) is 6.99. The minimum Gasteiger partial charge on any atom is -0.491 e. The van der Waals surface area contributed by atoms with Crippen LogP contribution in [0.25, 0.3) is 0 Å². The number of nitrogens with two attached hydrogens (primary N) is 1. The van der Waals surface area contributed by atoms with E-state index in [-0.39, 0.29) is 18.0 Å². The highest BCUT2D eigenvalue weighted by atomic mass is 32.2. The van der Waals surface area contributed by atoms with Crippen LogP contribution in [-0.2, 0) is 9.84 Å². The van der Waals surface area contributed by atoms with E-state index < -0.39 is 15.4 Å². The highest BCUT2D eigenvalue weighted by Crippen LogP contribution is 2.18. The van der Waals surface area contributed by atoms with Gasteiger partial charge in [0.05, 0.1) is 4.90 Å². The summed E-state index contributed by atoms with van der Waals surface area (Å²) in [5, 5.41) is 9.65. The number of rotatable bonds is 5. The summed E-state index contributed by atoms with van der Waals surface area (Å²) in [5.74, 6) is 0.390. The second kappa shape index (κ2) is 5.03. The fraction of sp³-hybridized carbons (Fsp3) is 0.455. The minimum atomic E-state index is -3.25. The third-order valence-corrected chi connectivity index (χ3v) is 3.33. The van der Waals surface area contributed by atoms with Crippen LogP contribution in [0.3, 0.4) is 0 Å². The Morgan fingerprint density at radius 3 is 2.65 bits per heavy atom. The summed E-state index contributed by atoms with van der Waals surface area (Å²) in [5.41, 5.74) is 4.22. The molecule has 0 bridgehead atoms. The maximum absolute atomic E-state index is 11.3. The predicted octanol–water partition coefficient (Wildman–Crippen LogP) is 0.179. The molecule has 0 spiro atoms. The van der Waals surface area contributed by atoms with Gasteiger partial charge in [-0.25, -0.2) is 8.42 Å². The summed E-state index contributed by atoms with van der Waals surface area (Å²) < 4.78 is 27.9. The molecule has 0 aliphatic carbocycles. The summed E-state index contributed by atoms with van der Waals surface area (Å²) in [6.45, 7) is 1.63. The van der Waals surface area contributed by atoms with E-state index in [1.165, 1.54) is 12.1 Å². The van der Waals surface area contributed by atoms with Gasteiger partial charge in [0, 0.05) is 12.8 Å². The number of aliphatic hydroxyl groups is 1. The molecule has 0 saturated heterocycles. The van der Waals surface area contributed by atoms with Crippen LogP contribution in [0.5, 0.6) is 5.75 Å². The lowest BCUT2D eigenvalue weighted by Gasteiger charge is -2.21. The van der Waals surface area contributed by atoms with E-state index in [4.69, 9.17) is 10.5 Å². The SMILES string of the molecule is CC(O)(CN)COc1cccc(S(C)(=O)=O)c1. The number of sulfone groups is 1. The van der Waals surface area contributed by atoms with Crippen molar-refractivity contribution in [3.05, 3.63) is 24.3 Å². The Hall–Kier alpha value is -1.11. The number of hydrogen-bond acceptors (Lipinski definition) is 5. The monoisotopic (exact) mass is 259 g/mol. The summed E-state index contributed by atoms with van der Waals surface area (Å²) in [6.07, 6.45) is 1.13. The molecule has 17 heavy (non-hydrogen) atoms. The Bertz CT molecular complexity index is 482. The topological polar surface area (TPSA) is 89.6 Å². The van der Waals surface area contributed by atoms with E-state index in [0.717, 1.165) is 6.26 Å². The quantitative estimate of drug-likeness (QED) is 0.787. The van der Waals surface area contributed by atoms with Gasteiger partial charge in [-0.15, -0.1) is 0 Å². The van der Waals surface area contributed by atoms with Crippen LogP contribution in [-0.4, -0.2) is 38.5 Å². The molecule has 0 radical (unpaired) electrons. The maximum atomic E-state index is 11.3. The first-order valence-electron chi connectivity index (χ1n) is 5.10. The van der Waals surface area contributed by atoms with E-state index in [9.17, 15) is 13.5 Å². The molecule has 0 amide bonds. The molecule has 1 atom stereocenters. The number of benzene rings is 1. The lowest BCUT2D eigenvalue weighted by molar-refractivity contribution is 0.0195. The minimum absolute atomic E-state index is 0.0106. The lowest BCUT2D eigenvalue weighted by Crippen LogP contribution is -2.40. The van der Waals surface area contributed by atoms with E-state index in [1.807, 2.05) is 0 Å². The van der Waals surface area contributed by atoms with Crippen LogP contribution < -0.4 is 10.5 Å². The summed E-state index contributed by atoms with van der Waals surface area (Å²) in [7, 11) is -3.25. The van der Waals surface area contributed by atoms with E-state index in [1.54, 1.807) is 19.1 Å². The fourth-order valence-electron chi connectivity index (χ4n) is 1.09. The Morgan fingerprint density at radius 1 is 1.47 bits per heavy atom. The van der Waals surface area contributed by atoms with Gasteiger partial charge in [0.25, 0.3) is 0 Å². The number of ether oxygens (including phenoxy) is 1. The smallest absolute Gasteiger partial charge is 0.175 e. The van der Waals surface area contributed by atoms with Crippen LogP contribution in [0, 0.1) is 0 Å². The van der Waals surface area contributed by atoms with Crippen molar-refractivity contribution >= 4 is 9.84 Å². The van der Waals surface area contributed by atoms with E-state index >= 15 is 0 Å². The Morgan fingerprint density at radius 2 is 2.12 bits per heavy atom. The van der Waals surface area contributed by atoms with Crippen molar-refractivity contribution in [2.45, 2.75) is 17.4 Å². The van der Waals surface area contributed by atoms with Crippen molar-refractivity contribution in [3.8, 4) is 5.75 Å². The number of hydrogen-bond donors (Lipinski definition) is 2. The molecule has 0 aromatic heterocycles. The lowest BCUT2D eigenvalue weighted by atomic mass is 10.1. The molecular formula is C11H17NO4S. The van der Waals surface area contributed by atoms with Gasteiger partial charge in [-0.05, 0) is 25.1 Å². The van der Waals surface area contributed by atoms with E-state index in [0.29, 0.717) is 5.75 Å². The van der Waals surface area contributed by atoms with Crippen molar-refractivity contribution in [1.82, 2.24) is 0 Å². The van der Waals surface area contributed by atoms with Crippen molar-refractivity contribution in [3.63, 3.8) is 0 Å². The van der Waals surface area contributed by atoms with Gasteiger partial charge in [0.1, 0.15) is 18.0 Å². The van der Waals surface area contributed by atoms with Crippen molar-refractivity contribution in [2.75, 3.05) is 19.4 Å². The molecule has 1 aromatic rings. The molecule has 1 unspecified atom stereocenters. The molecule has 0 heterocycles. The van der Waals surface area contributed by atoms with Gasteiger partial charge in [-0.3, -0.25) is 0 Å². The molecule has 0 aliphatic heterocycles. The molecule has 6 heteroatoms. The van der Waals surface area contributed by atoms with Crippen LogP contribution in [0.1, 0.15) is 6.92 Å². The molecule has 0 fully saturated rings. The average Bonchev–Trinajstić information content (AvgIpc) is 2.26. The highest BCUT2D eigenvalue weighted by Gasteiger charge is 2.19. The van der Waals surface area contributed by atoms with Crippen LogP contribution in [0.15, 0.2) is 29.2 Å². The van der Waals surface area contributed by atoms with Crippen LogP contribution in [0.4, 0.5) is 0 Å². The molecule has 5 nitrogen and oxygen atoms in total. The standard InChI is InChI=1S/C11H17NO4S/c1-11(13,7-12)8-16-9-4-3-5-10(6-9)17(2,14)15/h3-6,13H,7-8,12H2,1-2H3. The van der Waals surface area contributed by atoms with Gasteiger partial charge in [-0.2, -0.15) is 0 Å². The predicted molar refractivity (Wildman–Crippen MR) is 64.7 cm³/mol. The zero-order chi connectivity index (χ0) is 13.1.